The van der Waals surface area contributed by atoms with Crippen molar-refractivity contribution in [3.8, 4) is 0 Å². The van der Waals surface area contributed by atoms with Crippen LogP contribution in [0.3, 0.4) is 0 Å². The molecule has 0 spiro atoms. The normalized spacial score (nSPS) is 15.6. The molecule has 1 saturated heterocycles. The Labute approximate surface area is 129 Å². The predicted octanol–water partition coefficient (Wildman–Crippen LogP) is 1.96. The summed E-state index contributed by atoms with van der Waals surface area (Å²) >= 11 is 0. The number of amides is 1. The number of methoxy groups -OCH3 is 1. The Balaban J connectivity index is 2.30. The molecule has 1 N–H and O–H groups in total. The molecule has 120 valence electrons. The molecule has 1 aliphatic rings. The SMILES string of the molecule is COCC(C)NC(=O)c1cc([N+](=O)[O-])ccc1N1CCCC1. The summed E-state index contributed by atoms with van der Waals surface area (Å²) in [6, 6.07) is 4.30. The van der Waals surface area contributed by atoms with Gasteiger partial charge in [0.2, 0.25) is 0 Å². The second-order valence-electron chi connectivity index (χ2n) is 5.48. The monoisotopic (exact) mass is 307 g/mol. The Bertz CT molecular complexity index is 556. The fourth-order valence-corrected chi connectivity index (χ4v) is 2.65. The Hall–Kier alpha value is -2.15. The largest absolute Gasteiger partial charge is 0.383 e. The van der Waals surface area contributed by atoms with Crippen LogP contribution in [-0.2, 0) is 4.74 Å². The third-order valence-corrected chi connectivity index (χ3v) is 3.68. The van der Waals surface area contributed by atoms with Gasteiger partial charge >= 0.3 is 0 Å². The molecule has 1 unspecified atom stereocenters. The van der Waals surface area contributed by atoms with Crippen LogP contribution in [0.2, 0.25) is 0 Å². The fraction of sp³-hybridized carbons (Fsp3) is 0.533. The van der Waals surface area contributed by atoms with E-state index in [1.165, 1.54) is 12.1 Å². The number of nitro groups is 1. The zero-order chi connectivity index (χ0) is 16.1. The first-order valence-electron chi connectivity index (χ1n) is 7.36. The van der Waals surface area contributed by atoms with E-state index in [1.807, 2.05) is 6.92 Å². The van der Waals surface area contributed by atoms with Crippen molar-refractivity contribution in [3.63, 3.8) is 0 Å². The van der Waals surface area contributed by atoms with E-state index in [9.17, 15) is 14.9 Å². The first-order chi connectivity index (χ1) is 10.5. The zero-order valence-corrected chi connectivity index (χ0v) is 12.9. The molecule has 1 amide bonds. The van der Waals surface area contributed by atoms with Gasteiger partial charge in [-0.2, -0.15) is 0 Å². The molecule has 0 aromatic heterocycles. The molecule has 0 saturated carbocycles. The lowest BCUT2D eigenvalue weighted by Gasteiger charge is -2.22. The summed E-state index contributed by atoms with van der Waals surface area (Å²) in [6.07, 6.45) is 2.14. The van der Waals surface area contributed by atoms with Crippen molar-refractivity contribution in [1.82, 2.24) is 5.32 Å². The average molecular weight is 307 g/mol. The van der Waals surface area contributed by atoms with Crippen molar-refractivity contribution in [2.45, 2.75) is 25.8 Å². The molecule has 1 aromatic carbocycles. The van der Waals surface area contributed by atoms with Crippen LogP contribution in [-0.4, -0.2) is 43.7 Å². The summed E-state index contributed by atoms with van der Waals surface area (Å²) in [5.74, 6) is -0.310. The molecule has 1 fully saturated rings. The smallest absolute Gasteiger partial charge is 0.270 e. The molecule has 1 atom stereocenters. The maximum absolute atomic E-state index is 12.5. The Morgan fingerprint density at radius 1 is 1.45 bits per heavy atom. The summed E-state index contributed by atoms with van der Waals surface area (Å²) in [4.78, 5) is 25.1. The maximum atomic E-state index is 12.5. The standard InChI is InChI=1S/C15H21N3O4/c1-11(10-22-2)16-15(19)13-9-12(18(20)21)5-6-14(13)17-7-3-4-8-17/h5-6,9,11H,3-4,7-8,10H2,1-2H3,(H,16,19). The first-order valence-corrected chi connectivity index (χ1v) is 7.36. The summed E-state index contributed by atoms with van der Waals surface area (Å²) < 4.78 is 5.00. The molecular weight excluding hydrogens is 286 g/mol. The van der Waals surface area contributed by atoms with Crippen LogP contribution in [0.25, 0.3) is 0 Å². The number of benzene rings is 1. The highest BCUT2D eigenvalue weighted by Gasteiger charge is 2.23. The van der Waals surface area contributed by atoms with E-state index in [4.69, 9.17) is 4.74 Å². The molecule has 7 nitrogen and oxygen atoms in total. The minimum atomic E-state index is -0.483. The predicted molar refractivity (Wildman–Crippen MR) is 83.3 cm³/mol. The van der Waals surface area contributed by atoms with Crippen molar-refractivity contribution in [2.24, 2.45) is 0 Å². The van der Waals surface area contributed by atoms with Crippen LogP contribution in [0.1, 0.15) is 30.1 Å². The molecule has 0 aliphatic carbocycles. The third kappa shape index (κ3) is 3.73. The van der Waals surface area contributed by atoms with E-state index in [0.717, 1.165) is 31.6 Å². The lowest BCUT2D eigenvalue weighted by Crippen LogP contribution is -2.36. The van der Waals surface area contributed by atoms with Crippen LogP contribution in [0, 0.1) is 10.1 Å². The number of nitrogens with one attached hydrogen (secondary N) is 1. The number of carbonyl (C=O) groups excluding carboxylic acids is 1. The third-order valence-electron chi connectivity index (χ3n) is 3.68. The van der Waals surface area contributed by atoms with Crippen molar-refractivity contribution in [1.29, 1.82) is 0 Å². The average Bonchev–Trinajstić information content (AvgIpc) is 3.00. The number of hydrogen-bond acceptors (Lipinski definition) is 5. The molecule has 1 heterocycles. The highest BCUT2D eigenvalue weighted by Crippen LogP contribution is 2.28. The highest BCUT2D eigenvalue weighted by atomic mass is 16.6. The van der Waals surface area contributed by atoms with E-state index < -0.39 is 4.92 Å². The summed E-state index contributed by atoms with van der Waals surface area (Å²) in [7, 11) is 1.56. The number of ether oxygens (including phenoxy) is 1. The van der Waals surface area contributed by atoms with Crippen molar-refractivity contribution < 1.29 is 14.5 Å². The minimum absolute atomic E-state index is 0.0764. The fourth-order valence-electron chi connectivity index (χ4n) is 2.65. The van der Waals surface area contributed by atoms with Crippen molar-refractivity contribution in [3.05, 3.63) is 33.9 Å². The van der Waals surface area contributed by atoms with E-state index in [-0.39, 0.29) is 17.6 Å². The van der Waals surface area contributed by atoms with Gasteiger partial charge in [0.25, 0.3) is 11.6 Å². The van der Waals surface area contributed by atoms with Crippen LogP contribution in [0.15, 0.2) is 18.2 Å². The van der Waals surface area contributed by atoms with E-state index >= 15 is 0 Å². The van der Waals surface area contributed by atoms with Gasteiger partial charge in [0, 0.05) is 38.4 Å². The molecule has 2 rings (SSSR count). The second kappa shape index (κ2) is 7.22. The summed E-state index contributed by atoms with van der Waals surface area (Å²) in [5.41, 5.74) is 1.02. The van der Waals surface area contributed by atoms with Crippen LogP contribution >= 0.6 is 0 Å². The number of carbonyl (C=O) groups is 1. The van der Waals surface area contributed by atoms with E-state index in [2.05, 4.69) is 10.2 Å². The second-order valence-corrected chi connectivity index (χ2v) is 5.48. The lowest BCUT2D eigenvalue weighted by atomic mass is 10.1. The van der Waals surface area contributed by atoms with Crippen LogP contribution < -0.4 is 10.2 Å². The van der Waals surface area contributed by atoms with Gasteiger partial charge in [-0.3, -0.25) is 14.9 Å². The molecule has 0 bridgehead atoms. The first kappa shape index (κ1) is 16.2. The van der Waals surface area contributed by atoms with Crippen LogP contribution in [0.4, 0.5) is 11.4 Å². The zero-order valence-electron chi connectivity index (χ0n) is 12.9. The van der Waals surface area contributed by atoms with E-state index in [1.54, 1.807) is 13.2 Å². The summed E-state index contributed by atoms with van der Waals surface area (Å²) in [5, 5.41) is 13.8. The van der Waals surface area contributed by atoms with E-state index in [0.29, 0.717) is 12.2 Å². The Morgan fingerprint density at radius 3 is 2.73 bits per heavy atom. The van der Waals surface area contributed by atoms with Gasteiger partial charge in [0.1, 0.15) is 0 Å². The molecular formula is C15H21N3O4. The van der Waals surface area contributed by atoms with Gasteiger partial charge in [-0.1, -0.05) is 0 Å². The number of nitro benzene ring substituents is 1. The molecule has 7 heteroatoms. The minimum Gasteiger partial charge on any atom is -0.383 e. The highest BCUT2D eigenvalue weighted by molar-refractivity contribution is 6.00. The van der Waals surface area contributed by atoms with Gasteiger partial charge < -0.3 is 15.0 Å². The summed E-state index contributed by atoms with van der Waals surface area (Å²) in [6.45, 7) is 3.95. The molecule has 1 aliphatic heterocycles. The maximum Gasteiger partial charge on any atom is 0.270 e. The van der Waals surface area contributed by atoms with Crippen molar-refractivity contribution in [2.75, 3.05) is 31.7 Å². The molecule has 0 radical (unpaired) electrons. The Morgan fingerprint density at radius 2 is 2.14 bits per heavy atom. The Kier molecular flexibility index (Phi) is 5.32. The van der Waals surface area contributed by atoms with Crippen molar-refractivity contribution >= 4 is 17.3 Å². The number of nitrogens with zero attached hydrogens (tertiary/aromatic N) is 2. The van der Waals surface area contributed by atoms with Gasteiger partial charge in [-0.25, -0.2) is 0 Å². The molecule has 22 heavy (non-hydrogen) atoms. The molecule has 1 aromatic rings. The topological polar surface area (TPSA) is 84.7 Å². The number of anilines is 1. The van der Waals surface area contributed by atoms with Gasteiger partial charge in [-0.05, 0) is 25.8 Å². The lowest BCUT2D eigenvalue weighted by molar-refractivity contribution is -0.384. The number of non-ortho nitro benzene ring substituents is 1. The van der Waals surface area contributed by atoms with Gasteiger partial charge in [-0.15, -0.1) is 0 Å². The van der Waals surface area contributed by atoms with Gasteiger partial charge in [0.05, 0.1) is 22.8 Å². The number of rotatable bonds is 6. The van der Waals surface area contributed by atoms with Crippen LogP contribution in [0.5, 0.6) is 0 Å². The number of hydrogen-bond donors (Lipinski definition) is 1. The quantitative estimate of drug-likeness (QED) is 0.641. The van der Waals surface area contributed by atoms with Gasteiger partial charge in [0.15, 0.2) is 0 Å².